The lowest BCUT2D eigenvalue weighted by atomic mass is 10.2. The van der Waals surface area contributed by atoms with Crippen LogP contribution in [0.2, 0.25) is 0 Å². The van der Waals surface area contributed by atoms with Crippen molar-refractivity contribution in [2.24, 2.45) is 0 Å². The smallest absolute Gasteiger partial charge is 0.337 e. The molecule has 0 aliphatic carbocycles. The van der Waals surface area contributed by atoms with Gasteiger partial charge in [-0.2, -0.15) is 0 Å². The molecule has 0 saturated heterocycles. The predicted octanol–water partition coefficient (Wildman–Crippen LogP) is 0.816. The molecular weight excluding hydrogens is 144 g/mol. The lowest BCUT2D eigenvalue weighted by Gasteiger charge is -1.94. The quantitative estimate of drug-likeness (QED) is 0.616. The van der Waals surface area contributed by atoms with E-state index in [1.807, 2.05) is 0 Å². The van der Waals surface area contributed by atoms with E-state index >= 15 is 0 Å². The number of hydrogen-bond acceptors (Lipinski definition) is 2. The van der Waals surface area contributed by atoms with Gasteiger partial charge in [0.05, 0.1) is 17.6 Å². The summed E-state index contributed by atoms with van der Waals surface area (Å²) in [5, 5.41) is 8.52. The average molecular weight is 152 g/mol. The second-order valence-corrected chi connectivity index (χ2v) is 2.16. The molecule has 0 atom stereocenters. The van der Waals surface area contributed by atoms with E-state index in [1.54, 1.807) is 6.92 Å². The lowest BCUT2D eigenvalue weighted by Crippen LogP contribution is -1.99. The summed E-state index contributed by atoms with van der Waals surface area (Å²) >= 11 is 0. The van der Waals surface area contributed by atoms with Crippen LogP contribution in [0.3, 0.4) is 0 Å². The third-order valence-electron chi connectivity index (χ3n) is 1.37. The van der Waals surface area contributed by atoms with Crippen molar-refractivity contribution >= 4 is 11.5 Å². The Balaban J connectivity index is 3.02. The van der Waals surface area contributed by atoms with Gasteiger partial charge in [0.15, 0.2) is 0 Å². The van der Waals surface area contributed by atoms with Crippen LogP contribution < -0.4 is 0 Å². The number of aryl methyl sites for hydroxylation is 1. The van der Waals surface area contributed by atoms with E-state index in [-0.39, 0.29) is 5.57 Å². The Bertz CT molecular complexity index is 301. The molecule has 11 heavy (non-hydrogen) atoms. The van der Waals surface area contributed by atoms with Gasteiger partial charge >= 0.3 is 5.97 Å². The molecule has 1 aromatic rings. The van der Waals surface area contributed by atoms with E-state index in [0.29, 0.717) is 5.69 Å². The van der Waals surface area contributed by atoms with Gasteiger partial charge in [0.2, 0.25) is 0 Å². The molecule has 2 N–H and O–H groups in total. The van der Waals surface area contributed by atoms with E-state index in [0.717, 1.165) is 5.69 Å². The van der Waals surface area contributed by atoms with Crippen molar-refractivity contribution in [1.29, 1.82) is 0 Å². The van der Waals surface area contributed by atoms with E-state index in [9.17, 15) is 4.79 Å². The van der Waals surface area contributed by atoms with Crippen LogP contribution in [0.5, 0.6) is 0 Å². The number of carboxylic acids is 1. The zero-order chi connectivity index (χ0) is 8.43. The molecule has 4 heteroatoms. The molecule has 58 valence electrons. The summed E-state index contributed by atoms with van der Waals surface area (Å²) < 4.78 is 0. The third-order valence-corrected chi connectivity index (χ3v) is 1.37. The zero-order valence-corrected chi connectivity index (χ0v) is 6.09. The highest BCUT2D eigenvalue weighted by molar-refractivity contribution is 6.14. The summed E-state index contributed by atoms with van der Waals surface area (Å²) in [5.41, 5.74) is 1.15. The average Bonchev–Trinajstić information content (AvgIpc) is 2.33. The van der Waals surface area contributed by atoms with Crippen LogP contribution in [0.25, 0.3) is 5.57 Å². The van der Waals surface area contributed by atoms with E-state index in [1.165, 1.54) is 6.33 Å². The number of nitrogens with zero attached hydrogens (tertiary/aromatic N) is 1. The normalized spacial score (nSPS) is 9.55. The molecule has 0 unspecified atom stereocenters. The van der Waals surface area contributed by atoms with Gasteiger partial charge in [0, 0.05) is 5.69 Å². The number of aromatic amines is 1. The number of imidazole rings is 1. The second kappa shape index (κ2) is 2.57. The second-order valence-electron chi connectivity index (χ2n) is 2.16. The van der Waals surface area contributed by atoms with Gasteiger partial charge in [-0.25, -0.2) is 9.78 Å². The molecule has 4 nitrogen and oxygen atoms in total. The van der Waals surface area contributed by atoms with Crippen LogP contribution in [0.4, 0.5) is 0 Å². The molecule has 1 rings (SSSR count). The van der Waals surface area contributed by atoms with Crippen LogP contribution >= 0.6 is 0 Å². The van der Waals surface area contributed by atoms with Crippen LogP contribution in [0.15, 0.2) is 12.9 Å². The summed E-state index contributed by atoms with van der Waals surface area (Å²) in [6, 6.07) is 0. The maximum absolute atomic E-state index is 10.4. The summed E-state index contributed by atoms with van der Waals surface area (Å²) in [6.45, 7) is 5.12. The van der Waals surface area contributed by atoms with Crippen molar-refractivity contribution in [2.45, 2.75) is 6.92 Å². The molecule has 0 saturated carbocycles. The first-order valence-corrected chi connectivity index (χ1v) is 3.05. The number of carboxylic acid groups (broad SMARTS) is 1. The molecule has 0 amide bonds. The fraction of sp³-hybridized carbons (Fsp3) is 0.143. The fourth-order valence-corrected chi connectivity index (χ4v) is 0.764. The Morgan fingerprint density at radius 1 is 1.82 bits per heavy atom. The van der Waals surface area contributed by atoms with E-state index in [2.05, 4.69) is 16.5 Å². The SMILES string of the molecule is C=C(C(=O)O)c1nc[nH]c1C. The molecule has 0 aliphatic rings. The zero-order valence-electron chi connectivity index (χ0n) is 6.09. The van der Waals surface area contributed by atoms with Crippen LogP contribution in [0, 0.1) is 6.92 Å². The van der Waals surface area contributed by atoms with Crippen molar-refractivity contribution in [3.8, 4) is 0 Å². The lowest BCUT2D eigenvalue weighted by molar-refractivity contribution is -0.130. The van der Waals surface area contributed by atoms with Gasteiger partial charge in [-0.1, -0.05) is 6.58 Å². The number of nitrogens with one attached hydrogen (secondary N) is 1. The first kappa shape index (κ1) is 7.53. The van der Waals surface area contributed by atoms with Crippen molar-refractivity contribution in [3.05, 3.63) is 24.3 Å². The molecule has 1 heterocycles. The van der Waals surface area contributed by atoms with Gasteiger partial charge in [-0.05, 0) is 6.92 Å². The number of H-pyrrole nitrogens is 1. The summed E-state index contributed by atoms with van der Waals surface area (Å²) in [7, 11) is 0. The Morgan fingerprint density at radius 2 is 2.45 bits per heavy atom. The van der Waals surface area contributed by atoms with Gasteiger partial charge in [0.1, 0.15) is 0 Å². The minimum atomic E-state index is -1.04. The van der Waals surface area contributed by atoms with E-state index < -0.39 is 5.97 Å². The maximum atomic E-state index is 10.4. The Labute approximate surface area is 63.6 Å². The van der Waals surface area contributed by atoms with Crippen LogP contribution in [-0.4, -0.2) is 21.0 Å². The number of aliphatic carboxylic acids is 1. The number of hydrogen-bond donors (Lipinski definition) is 2. The standard InChI is InChI=1S/C7H8N2O2/c1-4(7(10)11)6-5(2)8-3-9-6/h3H,1H2,2H3,(H,8,9)(H,10,11). The number of carbonyl (C=O) groups is 1. The van der Waals surface area contributed by atoms with Gasteiger partial charge in [0.25, 0.3) is 0 Å². The first-order valence-electron chi connectivity index (χ1n) is 3.05. The van der Waals surface area contributed by atoms with Crippen molar-refractivity contribution in [3.63, 3.8) is 0 Å². The molecule has 1 aromatic heterocycles. The predicted molar refractivity (Wildman–Crippen MR) is 40.0 cm³/mol. The maximum Gasteiger partial charge on any atom is 0.337 e. The minimum Gasteiger partial charge on any atom is -0.478 e. The van der Waals surface area contributed by atoms with Crippen molar-refractivity contribution in [1.82, 2.24) is 9.97 Å². The molecular formula is C7H8N2O2. The molecule has 0 fully saturated rings. The van der Waals surface area contributed by atoms with Crippen molar-refractivity contribution < 1.29 is 9.90 Å². The first-order chi connectivity index (χ1) is 5.13. The highest BCUT2D eigenvalue weighted by Gasteiger charge is 2.11. The third kappa shape index (κ3) is 1.29. The Hall–Kier alpha value is -1.58. The van der Waals surface area contributed by atoms with Crippen molar-refractivity contribution in [2.75, 3.05) is 0 Å². The summed E-state index contributed by atoms with van der Waals surface area (Å²) in [4.78, 5) is 17.0. The van der Waals surface area contributed by atoms with Gasteiger partial charge in [-0.3, -0.25) is 0 Å². The summed E-state index contributed by atoms with van der Waals surface area (Å²) in [5.74, 6) is -1.04. The number of aromatic nitrogens is 2. The molecule has 0 aromatic carbocycles. The molecule has 0 spiro atoms. The highest BCUT2D eigenvalue weighted by Crippen LogP contribution is 2.11. The summed E-state index contributed by atoms with van der Waals surface area (Å²) in [6.07, 6.45) is 1.44. The van der Waals surface area contributed by atoms with Crippen LogP contribution in [-0.2, 0) is 4.79 Å². The monoisotopic (exact) mass is 152 g/mol. The van der Waals surface area contributed by atoms with Gasteiger partial charge in [-0.15, -0.1) is 0 Å². The van der Waals surface area contributed by atoms with Crippen LogP contribution in [0.1, 0.15) is 11.4 Å². The van der Waals surface area contributed by atoms with Gasteiger partial charge < -0.3 is 10.1 Å². The minimum absolute atomic E-state index is 0.0174. The topological polar surface area (TPSA) is 66.0 Å². The fourth-order valence-electron chi connectivity index (χ4n) is 0.764. The Kier molecular flexibility index (Phi) is 1.76. The van der Waals surface area contributed by atoms with E-state index in [4.69, 9.17) is 5.11 Å². The molecule has 0 radical (unpaired) electrons. The highest BCUT2D eigenvalue weighted by atomic mass is 16.4. The molecule has 0 bridgehead atoms. The molecule has 0 aliphatic heterocycles. The largest absolute Gasteiger partial charge is 0.478 e. The Morgan fingerprint density at radius 3 is 2.82 bits per heavy atom. The number of rotatable bonds is 2.